The van der Waals surface area contributed by atoms with Crippen molar-refractivity contribution in [3.05, 3.63) is 143 Å². The number of hydrogen-bond donors (Lipinski definition) is 2. The Bertz CT molecular complexity index is 2420. The van der Waals surface area contributed by atoms with Crippen molar-refractivity contribution in [2.45, 2.75) is 76.9 Å². The monoisotopic (exact) mass is 775 g/mol. The number of benzene rings is 4. The molecule has 3 aliphatic rings. The van der Waals surface area contributed by atoms with Crippen LogP contribution in [0.25, 0.3) is 33.6 Å². The molecule has 4 heterocycles. The van der Waals surface area contributed by atoms with Crippen LogP contribution in [0.2, 0.25) is 0 Å². The molecule has 1 unspecified atom stereocenters. The van der Waals surface area contributed by atoms with Gasteiger partial charge in [-0.1, -0.05) is 98.8 Å². The van der Waals surface area contributed by atoms with Crippen LogP contribution < -0.4 is 0 Å². The zero-order chi connectivity index (χ0) is 39.8. The van der Waals surface area contributed by atoms with Crippen LogP contribution in [-0.2, 0) is 28.9 Å². The number of halogens is 1. The van der Waals surface area contributed by atoms with Crippen molar-refractivity contribution in [1.29, 1.82) is 0 Å². The van der Waals surface area contributed by atoms with Gasteiger partial charge in [-0.05, 0) is 91.6 Å². The molecule has 0 bridgehead atoms. The number of aromatic amines is 2. The van der Waals surface area contributed by atoms with Gasteiger partial charge in [-0.15, -0.1) is 0 Å². The summed E-state index contributed by atoms with van der Waals surface area (Å²) in [6.07, 6.45) is 7.21. The number of imidazole rings is 2. The maximum atomic E-state index is 15.9. The Kier molecular flexibility index (Phi) is 10.5. The maximum absolute atomic E-state index is 15.9. The Hall–Kier alpha value is -5.87. The number of likely N-dealkylation sites (tertiary alicyclic amines) is 2. The first kappa shape index (κ1) is 37.7. The molecule has 4 aromatic carbocycles. The third kappa shape index (κ3) is 7.15. The van der Waals surface area contributed by atoms with Crippen LogP contribution in [0.3, 0.4) is 0 Å². The Morgan fingerprint density at radius 2 is 1.47 bits per heavy atom. The average molecular weight is 776 g/mol. The molecule has 2 N–H and O–H groups in total. The van der Waals surface area contributed by atoms with Gasteiger partial charge in [0.25, 0.3) is 0 Å². The summed E-state index contributed by atoms with van der Waals surface area (Å²) in [6.45, 7) is 7.20. The molecule has 1 aliphatic carbocycles. The van der Waals surface area contributed by atoms with Crippen molar-refractivity contribution in [1.82, 2.24) is 34.6 Å². The standard InChI is InChI=1S/C48H50FN7O2/c1-3-54(4-2)45(32-15-9-6-10-16-32)48(58)56-26-12-18-42(56)47-51-39-24-21-35-28-33(19-22-36(35)44(39)53-47)34-20-23-37(38(49)29-34)40-30-50-46(52-40)41-17-11-25-55(41)43(57)27-31-13-7-5-8-14-31/h5-10,13-16,19-20,22-23,28-30,41-42,45H,3-4,11-12,17-18,21,24-27H2,1-2H3,(H,50,52)(H,51,53)/t41-,42?,45+/m0/s1. The molecule has 3 atom stereocenters. The van der Waals surface area contributed by atoms with Gasteiger partial charge in [0.05, 0.1) is 36.1 Å². The minimum atomic E-state index is -0.334. The smallest absolute Gasteiger partial charge is 0.245 e. The molecule has 58 heavy (non-hydrogen) atoms. The van der Waals surface area contributed by atoms with E-state index < -0.39 is 0 Å². The highest BCUT2D eigenvalue weighted by Gasteiger charge is 2.39. The van der Waals surface area contributed by atoms with Crippen molar-refractivity contribution >= 4 is 11.8 Å². The number of aryl methyl sites for hydroxylation is 2. The molecule has 2 fully saturated rings. The van der Waals surface area contributed by atoms with Crippen molar-refractivity contribution in [3.63, 3.8) is 0 Å². The molecule has 2 amide bonds. The van der Waals surface area contributed by atoms with Crippen molar-refractivity contribution < 1.29 is 14.0 Å². The quantitative estimate of drug-likeness (QED) is 0.137. The van der Waals surface area contributed by atoms with E-state index in [1.807, 2.05) is 76.5 Å². The zero-order valence-corrected chi connectivity index (χ0v) is 33.3. The molecule has 10 heteroatoms. The topological polar surface area (TPSA) is 101 Å². The van der Waals surface area contributed by atoms with Crippen molar-refractivity contribution in [2.75, 3.05) is 26.2 Å². The van der Waals surface area contributed by atoms with Gasteiger partial charge in [0.1, 0.15) is 23.5 Å². The first-order valence-corrected chi connectivity index (χ1v) is 20.9. The second-order valence-corrected chi connectivity index (χ2v) is 15.8. The number of fused-ring (bicyclic) bond motifs is 3. The van der Waals surface area contributed by atoms with E-state index in [1.54, 1.807) is 12.3 Å². The summed E-state index contributed by atoms with van der Waals surface area (Å²) in [4.78, 5) is 50.6. The fourth-order valence-electron chi connectivity index (χ4n) is 9.44. The number of rotatable bonds is 11. The summed E-state index contributed by atoms with van der Waals surface area (Å²) in [7, 11) is 0. The van der Waals surface area contributed by atoms with Crippen LogP contribution in [-0.4, -0.2) is 72.6 Å². The van der Waals surface area contributed by atoms with Gasteiger partial charge in [-0.3, -0.25) is 14.5 Å². The van der Waals surface area contributed by atoms with E-state index in [4.69, 9.17) is 4.98 Å². The van der Waals surface area contributed by atoms with Crippen LogP contribution in [0.15, 0.2) is 103 Å². The van der Waals surface area contributed by atoms with Crippen molar-refractivity contribution in [2.24, 2.45) is 0 Å². The molecular formula is C48H50FN7O2. The van der Waals surface area contributed by atoms with Crippen LogP contribution in [0.1, 0.15) is 91.7 Å². The van der Waals surface area contributed by atoms with Crippen LogP contribution >= 0.6 is 0 Å². The van der Waals surface area contributed by atoms with E-state index in [1.165, 1.54) is 5.56 Å². The van der Waals surface area contributed by atoms with E-state index in [-0.39, 0.29) is 35.8 Å². The van der Waals surface area contributed by atoms with E-state index in [0.29, 0.717) is 36.6 Å². The Morgan fingerprint density at radius 1 is 0.793 bits per heavy atom. The Morgan fingerprint density at radius 3 is 2.19 bits per heavy atom. The van der Waals surface area contributed by atoms with Gasteiger partial charge in [0.15, 0.2) is 0 Å². The molecule has 2 saturated heterocycles. The van der Waals surface area contributed by atoms with Gasteiger partial charge in [-0.2, -0.15) is 0 Å². The van der Waals surface area contributed by atoms with E-state index in [9.17, 15) is 9.59 Å². The van der Waals surface area contributed by atoms with Gasteiger partial charge in [-0.25, -0.2) is 14.4 Å². The number of nitrogens with one attached hydrogen (secondary N) is 2. The van der Waals surface area contributed by atoms with Gasteiger partial charge >= 0.3 is 0 Å². The number of carbonyl (C=O) groups is 2. The molecule has 0 saturated carbocycles. The Balaban J connectivity index is 0.916. The number of aromatic nitrogens is 4. The number of amides is 2. The number of hydrogen-bond acceptors (Lipinski definition) is 5. The van der Waals surface area contributed by atoms with E-state index in [2.05, 4.69) is 58.0 Å². The molecule has 0 radical (unpaired) electrons. The largest absolute Gasteiger partial charge is 0.344 e. The highest BCUT2D eigenvalue weighted by atomic mass is 19.1. The third-order valence-corrected chi connectivity index (χ3v) is 12.5. The fourth-order valence-corrected chi connectivity index (χ4v) is 9.44. The summed E-state index contributed by atoms with van der Waals surface area (Å²) in [6, 6.07) is 31.0. The molecule has 9 rings (SSSR count). The molecule has 6 aromatic rings. The first-order valence-electron chi connectivity index (χ1n) is 20.9. The lowest BCUT2D eigenvalue weighted by molar-refractivity contribution is -0.138. The number of H-pyrrole nitrogens is 2. The lowest BCUT2D eigenvalue weighted by atomic mass is 9.89. The van der Waals surface area contributed by atoms with Crippen LogP contribution in [0.4, 0.5) is 4.39 Å². The predicted molar refractivity (Wildman–Crippen MR) is 224 cm³/mol. The highest BCUT2D eigenvalue weighted by Crippen LogP contribution is 2.40. The lowest BCUT2D eigenvalue weighted by Gasteiger charge is -2.34. The Labute approximate surface area is 339 Å². The molecule has 2 aromatic heterocycles. The molecule has 296 valence electrons. The van der Waals surface area contributed by atoms with Crippen molar-refractivity contribution in [3.8, 4) is 33.6 Å². The maximum Gasteiger partial charge on any atom is 0.245 e. The average Bonchev–Trinajstić information content (AvgIpc) is 4.09. The summed E-state index contributed by atoms with van der Waals surface area (Å²) in [5, 5.41) is 0. The minimum Gasteiger partial charge on any atom is -0.344 e. The minimum absolute atomic E-state index is 0.0757. The highest BCUT2D eigenvalue weighted by molar-refractivity contribution is 5.84. The molecular weight excluding hydrogens is 726 g/mol. The SMILES string of the molecule is CCN(CC)[C@@H](C(=O)N1CCCC1c1nc2c([nH]1)CCc1cc(-c3ccc(-c4cnc([C@@H]5CCCN5C(=O)Cc5ccccc5)[nH]4)c(F)c3)ccc1-2)c1ccccc1. The molecule has 9 nitrogen and oxygen atoms in total. The number of carbonyl (C=O) groups excluding carboxylic acids is 2. The number of nitrogens with zero attached hydrogens (tertiary/aromatic N) is 5. The number of likely N-dealkylation sites (N-methyl/N-ethyl adjacent to an activating group) is 1. The zero-order valence-electron chi connectivity index (χ0n) is 33.3. The van der Waals surface area contributed by atoms with E-state index in [0.717, 1.165) is 96.6 Å². The van der Waals surface area contributed by atoms with Gasteiger partial charge in [0.2, 0.25) is 11.8 Å². The fraction of sp³-hybridized carbons (Fsp3) is 0.333. The lowest BCUT2D eigenvalue weighted by Crippen LogP contribution is -2.43. The van der Waals surface area contributed by atoms with Gasteiger partial charge < -0.3 is 19.8 Å². The normalized spacial score (nSPS) is 18.1. The second kappa shape index (κ2) is 16.2. The predicted octanol–water partition coefficient (Wildman–Crippen LogP) is 9.02. The van der Waals surface area contributed by atoms with E-state index >= 15 is 4.39 Å². The summed E-state index contributed by atoms with van der Waals surface area (Å²) in [5.74, 6) is 1.43. The summed E-state index contributed by atoms with van der Waals surface area (Å²) < 4.78 is 15.9. The summed E-state index contributed by atoms with van der Waals surface area (Å²) in [5.41, 5.74) is 9.12. The summed E-state index contributed by atoms with van der Waals surface area (Å²) >= 11 is 0. The molecule has 2 aliphatic heterocycles. The van der Waals surface area contributed by atoms with Crippen LogP contribution in [0, 0.1) is 5.82 Å². The van der Waals surface area contributed by atoms with Crippen LogP contribution in [0.5, 0.6) is 0 Å². The third-order valence-electron chi connectivity index (χ3n) is 12.5. The molecule has 0 spiro atoms. The second-order valence-electron chi connectivity index (χ2n) is 15.8. The van der Waals surface area contributed by atoms with Gasteiger partial charge in [0, 0.05) is 29.9 Å². The first-order chi connectivity index (χ1) is 28.4.